The van der Waals surface area contributed by atoms with E-state index in [4.69, 9.17) is 10.5 Å². The number of nitrogens with two attached hydrogens (primary N) is 1. The van der Waals surface area contributed by atoms with E-state index in [0.29, 0.717) is 0 Å². The highest BCUT2D eigenvalue weighted by Crippen LogP contribution is 2.63. The summed E-state index contributed by atoms with van der Waals surface area (Å²) < 4.78 is 4.76. The molecule has 0 bridgehead atoms. The van der Waals surface area contributed by atoms with Crippen LogP contribution in [0.5, 0.6) is 0 Å². The Labute approximate surface area is 117 Å². The summed E-state index contributed by atoms with van der Waals surface area (Å²) in [5.74, 6) is -1.40. The standard InChI is InChI=1S/C14H20N2O4/c1-13(2)8-9(13)11(18)16(10(8)17)6-14(15,7-4-5-7)12(19)20-3/h7-9H,4-6,15H2,1-3H3. The number of hydrogen-bond acceptors (Lipinski definition) is 5. The average Bonchev–Trinajstić information content (AvgIpc) is 3.27. The van der Waals surface area contributed by atoms with E-state index in [1.807, 2.05) is 13.8 Å². The first kappa shape index (κ1) is 13.5. The Bertz CT molecular complexity index is 487. The van der Waals surface area contributed by atoms with E-state index in [-0.39, 0.29) is 41.5 Å². The monoisotopic (exact) mass is 280 g/mol. The lowest BCUT2D eigenvalue weighted by atomic mass is 9.93. The molecule has 6 nitrogen and oxygen atoms in total. The van der Waals surface area contributed by atoms with Crippen LogP contribution in [0.25, 0.3) is 0 Å². The summed E-state index contributed by atoms with van der Waals surface area (Å²) in [7, 11) is 1.28. The van der Waals surface area contributed by atoms with Gasteiger partial charge in [-0.2, -0.15) is 0 Å². The minimum absolute atomic E-state index is 0.000451. The first-order chi connectivity index (χ1) is 9.25. The summed E-state index contributed by atoms with van der Waals surface area (Å²) in [5, 5.41) is 0. The maximum atomic E-state index is 12.3. The van der Waals surface area contributed by atoms with Gasteiger partial charge >= 0.3 is 5.97 Å². The number of hydrogen-bond donors (Lipinski definition) is 1. The van der Waals surface area contributed by atoms with Gasteiger partial charge in [-0.25, -0.2) is 4.79 Å². The van der Waals surface area contributed by atoms with Gasteiger partial charge in [0.1, 0.15) is 5.54 Å². The van der Waals surface area contributed by atoms with Crippen LogP contribution in [-0.4, -0.2) is 41.9 Å². The van der Waals surface area contributed by atoms with E-state index in [2.05, 4.69) is 0 Å². The third-order valence-corrected chi connectivity index (χ3v) is 5.18. The molecule has 0 aromatic heterocycles. The molecule has 2 N–H and O–H groups in total. The number of carbonyl (C=O) groups is 3. The molecule has 1 saturated heterocycles. The molecule has 2 aliphatic carbocycles. The van der Waals surface area contributed by atoms with Crippen LogP contribution in [0, 0.1) is 23.2 Å². The topological polar surface area (TPSA) is 89.7 Å². The Morgan fingerprint density at radius 1 is 1.35 bits per heavy atom. The lowest BCUT2D eigenvalue weighted by molar-refractivity contribution is -0.152. The van der Waals surface area contributed by atoms with Gasteiger partial charge in [0.2, 0.25) is 11.8 Å². The Kier molecular flexibility index (Phi) is 2.58. The number of esters is 1. The first-order valence-corrected chi connectivity index (χ1v) is 6.97. The number of imide groups is 1. The van der Waals surface area contributed by atoms with E-state index in [9.17, 15) is 14.4 Å². The van der Waals surface area contributed by atoms with Crippen molar-refractivity contribution in [2.75, 3.05) is 13.7 Å². The molecule has 0 radical (unpaired) electrons. The lowest BCUT2D eigenvalue weighted by Crippen LogP contribution is -2.60. The van der Waals surface area contributed by atoms with Crippen LogP contribution in [0.4, 0.5) is 0 Å². The molecule has 0 aromatic rings. The molecule has 3 aliphatic rings. The second kappa shape index (κ2) is 3.81. The molecule has 110 valence electrons. The van der Waals surface area contributed by atoms with Crippen LogP contribution in [0.1, 0.15) is 26.7 Å². The molecule has 3 unspecified atom stereocenters. The van der Waals surface area contributed by atoms with Crippen molar-refractivity contribution in [3.05, 3.63) is 0 Å². The van der Waals surface area contributed by atoms with Gasteiger partial charge in [-0.15, -0.1) is 0 Å². The van der Waals surface area contributed by atoms with Gasteiger partial charge in [-0.1, -0.05) is 13.8 Å². The minimum Gasteiger partial charge on any atom is -0.468 e. The summed E-state index contributed by atoms with van der Waals surface area (Å²) in [5.41, 5.74) is 4.68. The van der Waals surface area contributed by atoms with Crippen molar-refractivity contribution in [1.29, 1.82) is 0 Å². The molecule has 1 aliphatic heterocycles. The highest BCUT2D eigenvalue weighted by Gasteiger charge is 2.73. The van der Waals surface area contributed by atoms with Crippen molar-refractivity contribution >= 4 is 17.8 Å². The van der Waals surface area contributed by atoms with Crippen LogP contribution in [0.15, 0.2) is 0 Å². The molecular weight excluding hydrogens is 260 g/mol. The summed E-state index contributed by atoms with van der Waals surface area (Å²) in [6, 6.07) is 0. The second-order valence-corrected chi connectivity index (χ2v) is 6.85. The molecule has 2 amide bonds. The molecule has 0 aromatic carbocycles. The van der Waals surface area contributed by atoms with Gasteiger partial charge in [0.05, 0.1) is 25.5 Å². The zero-order valence-electron chi connectivity index (χ0n) is 12.0. The summed E-state index contributed by atoms with van der Waals surface area (Å²) >= 11 is 0. The van der Waals surface area contributed by atoms with Gasteiger partial charge in [0.15, 0.2) is 0 Å². The predicted octanol–water partition coefficient (Wildman–Crippen LogP) is -0.0921. The van der Waals surface area contributed by atoms with Crippen molar-refractivity contribution in [3.63, 3.8) is 0 Å². The molecule has 3 atom stereocenters. The third kappa shape index (κ3) is 1.57. The van der Waals surface area contributed by atoms with E-state index in [0.717, 1.165) is 12.8 Å². The van der Waals surface area contributed by atoms with Crippen LogP contribution >= 0.6 is 0 Å². The number of likely N-dealkylation sites (tertiary alicyclic amines) is 1. The Morgan fingerprint density at radius 2 is 1.85 bits per heavy atom. The number of ether oxygens (including phenoxy) is 1. The zero-order valence-corrected chi connectivity index (χ0v) is 12.0. The van der Waals surface area contributed by atoms with E-state index < -0.39 is 11.5 Å². The van der Waals surface area contributed by atoms with Crippen LogP contribution < -0.4 is 5.73 Å². The lowest BCUT2D eigenvalue weighted by Gasteiger charge is -2.31. The Morgan fingerprint density at radius 3 is 2.25 bits per heavy atom. The van der Waals surface area contributed by atoms with Crippen molar-refractivity contribution in [1.82, 2.24) is 4.90 Å². The first-order valence-electron chi connectivity index (χ1n) is 6.97. The molecule has 2 saturated carbocycles. The summed E-state index contributed by atoms with van der Waals surface area (Å²) in [6.45, 7) is 3.80. The molecule has 20 heavy (non-hydrogen) atoms. The Hall–Kier alpha value is -1.43. The van der Waals surface area contributed by atoms with Crippen molar-refractivity contribution in [2.24, 2.45) is 28.9 Å². The molecule has 0 spiro atoms. The number of carbonyl (C=O) groups excluding carboxylic acids is 3. The van der Waals surface area contributed by atoms with E-state index in [1.165, 1.54) is 12.0 Å². The second-order valence-electron chi connectivity index (χ2n) is 6.85. The number of rotatable bonds is 4. The Balaban J connectivity index is 1.80. The summed E-state index contributed by atoms with van der Waals surface area (Å²) in [6.07, 6.45) is 1.67. The fourth-order valence-corrected chi connectivity index (χ4v) is 3.57. The normalized spacial score (nSPS) is 33.7. The largest absolute Gasteiger partial charge is 0.468 e. The fourth-order valence-electron chi connectivity index (χ4n) is 3.57. The van der Waals surface area contributed by atoms with E-state index in [1.54, 1.807) is 0 Å². The van der Waals surface area contributed by atoms with Crippen LogP contribution in [0.2, 0.25) is 0 Å². The minimum atomic E-state index is -1.25. The van der Waals surface area contributed by atoms with E-state index >= 15 is 0 Å². The van der Waals surface area contributed by atoms with Gasteiger partial charge in [-0.05, 0) is 24.2 Å². The smallest absolute Gasteiger partial charge is 0.328 e. The average molecular weight is 280 g/mol. The number of amides is 2. The highest BCUT2D eigenvalue weighted by molar-refractivity contribution is 6.10. The predicted molar refractivity (Wildman–Crippen MR) is 69.1 cm³/mol. The van der Waals surface area contributed by atoms with Crippen LogP contribution in [0.3, 0.4) is 0 Å². The van der Waals surface area contributed by atoms with Crippen LogP contribution in [-0.2, 0) is 19.1 Å². The van der Waals surface area contributed by atoms with Gasteiger partial charge in [0, 0.05) is 0 Å². The SMILES string of the molecule is COC(=O)C(N)(CN1C(=O)C2C(C1=O)C2(C)C)C1CC1. The molecule has 3 fully saturated rings. The number of nitrogens with zero attached hydrogens (tertiary/aromatic N) is 1. The van der Waals surface area contributed by atoms with Crippen molar-refractivity contribution in [3.8, 4) is 0 Å². The molecule has 6 heteroatoms. The zero-order chi connectivity index (χ0) is 14.9. The molecular formula is C14H20N2O4. The number of fused-ring (bicyclic) bond motifs is 1. The number of piperidine rings is 1. The van der Waals surface area contributed by atoms with Gasteiger partial charge < -0.3 is 10.5 Å². The van der Waals surface area contributed by atoms with Gasteiger partial charge in [-0.3, -0.25) is 14.5 Å². The fraction of sp³-hybridized carbons (Fsp3) is 0.786. The van der Waals surface area contributed by atoms with Crippen molar-refractivity contribution < 1.29 is 19.1 Å². The number of methoxy groups -OCH3 is 1. The van der Waals surface area contributed by atoms with Crippen molar-refractivity contribution in [2.45, 2.75) is 32.2 Å². The molecule has 1 heterocycles. The maximum Gasteiger partial charge on any atom is 0.328 e. The van der Waals surface area contributed by atoms with Gasteiger partial charge in [0.25, 0.3) is 0 Å². The quantitative estimate of drug-likeness (QED) is 0.574. The highest BCUT2D eigenvalue weighted by atomic mass is 16.5. The third-order valence-electron chi connectivity index (χ3n) is 5.18. The summed E-state index contributed by atoms with van der Waals surface area (Å²) in [4.78, 5) is 37.7. The maximum absolute atomic E-state index is 12.3. The molecule has 3 rings (SSSR count).